The molecule has 2 aromatic rings. The Morgan fingerprint density at radius 1 is 1.05 bits per heavy atom. The fraction of sp³-hybridized carbons (Fsp3) is 0.176. The van der Waals surface area contributed by atoms with Crippen LogP contribution in [0, 0.1) is 0 Å². The van der Waals surface area contributed by atoms with E-state index in [1.165, 1.54) is 0 Å². The molecule has 0 bridgehead atoms. The molecule has 0 aliphatic rings. The molecule has 98 valence electrons. The van der Waals surface area contributed by atoms with E-state index < -0.39 is 6.10 Å². The van der Waals surface area contributed by atoms with E-state index in [1.54, 1.807) is 7.11 Å². The summed E-state index contributed by atoms with van der Waals surface area (Å²) < 4.78 is 5.13. The molecule has 1 unspecified atom stereocenters. The number of methoxy groups -OCH3 is 1. The van der Waals surface area contributed by atoms with Gasteiger partial charge in [-0.3, -0.25) is 0 Å². The Morgan fingerprint density at radius 2 is 1.68 bits per heavy atom. The molecule has 0 spiro atoms. The zero-order valence-electron chi connectivity index (χ0n) is 11.2. The van der Waals surface area contributed by atoms with Crippen molar-refractivity contribution in [1.82, 2.24) is 0 Å². The molecule has 0 aromatic heterocycles. The monoisotopic (exact) mass is 254 g/mol. The maximum Gasteiger partial charge on any atom is 0.118 e. The quantitative estimate of drug-likeness (QED) is 0.898. The van der Waals surface area contributed by atoms with Crippen LogP contribution in [0.2, 0.25) is 0 Å². The van der Waals surface area contributed by atoms with Gasteiger partial charge < -0.3 is 9.84 Å². The number of aliphatic hydroxyl groups is 1. The molecule has 0 radical (unpaired) electrons. The number of ether oxygens (including phenoxy) is 1. The average Bonchev–Trinajstić information content (AvgIpc) is 2.48. The second-order valence-electron chi connectivity index (χ2n) is 4.43. The normalized spacial score (nSPS) is 13.1. The largest absolute Gasteiger partial charge is 0.497 e. The van der Waals surface area contributed by atoms with Crippen molar-refractivity contribution in [2.45, 2.75) is 13.0 Å². The van der Waals surface area contributed by atoms with E-state index in [1.807, 2.05) is 67.6 Å². The average molecular weight is 254 g/mol. The third-order valence-corrected chi connectivity index (χ3v) is 3.09. The van der Waals surface area contributed by atoms with Gasteiger partial charge in [0.25, 0.3) is 0 Å². The van der Waals surface area contributed by atoms with Crippen molar-refractivity contribution in [3.05, 3.63) is 71.8 Å². The first-order chi connectivity index (χ1) is 9.20. The Morgan fingerprint density at radius 3 is 2.26 bits per heavy atom. The van der Waals surface area contributed by atoms with E-state index in [2.05, 4.69) is 0 Å². The van der Waals surface area contributed by atoms with Gasteiger partial charge in [0.05, 0.1) is 13.2 Å². The molecule has 2 heteroatoms. The minimum absolute atomic E-state index is 0.580. The van der Waals surface area contributed by atoms with Gasteiger partial charge in [-0.2, -0.15) is 0 Å². The molecular formula is C17H18O2. The molecule has 0 saturated carbocycles. The van der Waals surface area contributed by atoms with E-state index >= 15 is 0 Å². The lowest BCUT2D eigenvalue weighted by Crippen LogP contribution is -1.94. The predicted octanol–water partition coefficient (Wildman–Crippen LogP) is 3.83. The van der Waals surface area contributed by atoms with Crippen molar-refractivity contribution < 1.29 is 9.84 Å². The molecule has 0 heterocycles. The summed E-state index contributed by atoms with van der Waals surface area (Å²) in [5.74, 6) is 0.833. The van der Waals surface area contributed by atoms with Crippen LogP contribution in [0.1, 0.15) is 24.2 Å². The molecule has 19 heavy (non-hydrogen) atoms. The van der Waals surface area contributed by atoms with Gasteiger partial charge in [0.15, 0.2) is 0 Å². The zero-order chi connectivity index (χ0) is 13.7. The highest BCUT2D eigenvalue weighted by molar-refractivity contribution is 5.65. The highest BCUT2D eigenvalue weighted by Crippen LogP contribution is 2.22. The zero-order valence-corrected chi connectivity index (χ0v) is 11.2. The number of benzene rings is 2. The van der Waals surface area contributed by atoms with Crippen LogP contribution in [-0.4, -0.2) is 12.2 Å². The molecular weight excluding hydrogens is 236 g/mol. The molecule has 2 aromatic carbocycles. The Hall–Kier alpha value is -2.06. The van der Waals surface area contributed by atoms with Gasteiger partial charge in [-0.15, -0.1) is 0 Å². The molecule has 0 aliphatic carbocycles. The number of allylic oxidation sites excluding steroid dienone is 1. The highest BCUT2D eigenvalue weighted by Gasteiger charge is 2.05. The van der Waals surface area contributed by atoms with Crippen LogP contribution in [0.3, 0.4) is 0 Å². The molecule has 0 fully saturated rings. The lowest BCUT2D eigenvalue weighted by atomic mass is 10.0. The van der Waals surface area contributed by atoms with Crippen molar-refractivity contribution in [2.24, 2.45) is 0 Å². The summed E-state index contributed by atoms with van der Waals surface area (Å²) in [5, 5.41) is 10.2. The highest BCUT2D eigenvalue weighted by atomic mass is 16.5. The summed E-state index contributed by atoms with van der Waals surface area (Å²) in [7, 11) is 1.65. The molecule has 0 amide bonds. The number of hydrogen-bond acceptors (Lipinski definition) is 2. The van der Waals surface area contributed by atoms with Crippen molar-refractivity contribution in [3.63, 3.8) is 0 Å². The maximum atomic E-state index is 10.2. The van der Waals surface area contributed by atoms with E-state index in [9.17, 15) is 5.11 Å². The van der Waals surface area contributed by atoms with Gasteiger partial charge in [-0.25, -0.2) is 0 Å². The second-order valence-corrected chi connectivity index (χ2v) is 4.43. The summed E-state index contributed by atoms with van der Waals surface area (Å²) in [4.78, 5) is 0. The Balaban J connectivity index is 2.18. The standard InChI is InChI=1S/C17H18O2/c1-13(14-8-10-16(19-2)11-9-14)12-17(18)15-6-4-3-5-7-15/h3-12,17-18H,1-2H3/b13-12+. The first kappa shape index (κ1) is 13.4. The van der Waals surface area contributed by atoms with Crippen molar-refractivity contribution in [1.29, 1.82) is 0 Å². The second kappa shape index (κ2) is 6.21. The Labute approximate surface area is 114 Å². The number of aliphatic hydroxyl groups excluding tert-OH is 1. The Kier molecular flexibility index (Phi) is 4.37. The van der Waals surface area contributed by atoms with E-state index in [0.717, 1.165) is 22.4 Å². The first-order valence-electron chi connectivity index (χ1n) is 6.26. The summed E-state index contributed by atoms with van der Waals surface area (Å²) in [6.07, 6.45) is 1.28. The van der Waals surface area contributed by atoms with Gasteiger partial charge in [0, 0.05) is 0 Å². The predicted molar refractivity (Wildman–Crippen MR) is 78.0 cm³/mol. The maximum absolute atomic E-state index is 10.2. The third-order valence-electron chi connectivity index (χ3n) is 3.09. The van der Waals surface area contributed by atoms with Crippen LogP contribution < -0.4 is 4.74 Å². The van der Waals surface area contributed by atoms with Crippen LogP contribution in [0.5, 0.6) is 5.75 Å². The summed E-state index contributed by atoms with van der Waals surface area (Å²) >= 11 is 0. The number of rotatable bonds is 4. The van der Waals surface area contributed by atoms with Crippen LogP contribution in [0.15, 0.2) is 60.7 Å². The minimum Gasteiger partial charge on any atom is -0.497 e. The first-order valence-corrected chi connectivity index (χ1v) is 6.26. The van der Waals surface area contributed by atoms with E-state index in [-0.39, 0.29) is 0 Å². The van der Waals surface area contributed by atoms with Gasteiger partial charge >= 0.3 is 0 Å². The van der Waals surface area contributed by atoms with Crippen molar-refractivity contribution in [2.75, 3.05) is 7.11 Å². The summed E-state index contributed by atoms with van der Waals surface area (Å²) in [6.45, 7) is 1.99. The van der Waals surface area contributed by atoms with Crippen LogP contribution in [-0.2, 0) is 0 Å². The lowest BCUT2D eigenvalue weighted by molar-refractivity contribution is 0.229. The third kappa shape index (κ3) is 3.46. The summed E-state index contributed by atoms with van der Waals surface area (Å²) in [5.41, 5.74) is 3.02. The fourth-order valence-electron chi connectivity index (χ4n) is 1.93. The van der Waals surface area contributed by atoms with Crippen LogP contribution >= 0.6 is 0 Å². The molecule has 2 rings (SSSR count). The number of hydrogen-bond donors (Lipinski definition) is 1. The summed E-state index contributed by atoms with van der Waals surface area (Å²) in [6, 6.07) is 17.4. The molecule has 0 saturated heterocycles. The van der Waals surface area contributed by atoms with E-state index in [4.69, 9.17) is 4.74 Å². The molecule has 1 atom stereocenters. The van der Waals surface area contributed by atoms with Crippen molar-refractivity contribution >= 4 is 5.57 Å². The van der Waals surface area contributed by atoms with Crippen LogP contribution in [0.4, 0.5) is 0 Å². The van der Waals surface area contributed by atoms with Crippen molar-refractivity contribution in [3.8, 4) is 5.75 Å². The molecule has 1 N–H and O–H groups in total. The lowest BCUT2D eigenvalue weighted by Gasteiger charge is -2.09. The smallest absolute Gasteiger partial charge is 0.118 e. The molecule has 2 nitrogen and oxygen atoms in total. The fourth-order valence-corrected chi connectivity index (χ4v) is 1.93. The van der Waals surface area contributed by atoms with Gasteiger partial charge in [0.2, 0.25) is 0 Å². The SMILES string of the molecule is COc1ccc(/C(C)=C/C(O)c2ccccc2)cc1. The van der Waals surface area contributed by atoms with E-state index in [0.29, 0.717) is 0 Å². The van der Waals surface area contributed by atoms with Crippen LogP contribution in [0.25, 0.3) is 5.57 Å². The molecule has 0 aliphatic heterocycles. The minimum atomic E-state index is -0.580. The van der Waals surface area contributed by atoms with Gasteiger partial charge in [-0.1, -0.05) is 42.5 Å². The Bertz CT molecular complexity index is 541. The van der Waals surface area contributed by atoms with Gasteiger partial charge in [0.1, 0.15) is 5.75 Å². The van der Waals surface area contributed by atoms with Gasteiger partial charge in [-0.05, 0) is 41.8 Å². The topological polar surface area (TPSA) is 29.5 Å².